The molecule has 120 valence electrons. The Hall–Kier alpha value is -2.13. The molecule has 1 aromatic carbocycles. The lowest BCUT2D eigenvalue weighted by atomic mass is 9.73. The lowest BCUT2D eigenvalue weighted by molar-refractivity contribution is 0.173. The molecule has 3 heteroatoms. The fraction of sp³-hybridized carbons (Fsp3) is 0.350. The van der Waals surface area contributed by atoms with E-state index in [9.17, 15) is 0 Å². The molecule has 0 atom stereocenters. The van der Waals surface area contributed by atoms with E-state index in [0.717, 1.165) is 32.5 Å². The maximum absolute atomic E-state index is 5.20. The highest BCUT2D eigenvalue weighted by molar-refractivity contribution is 5.29. The average Bonchev–Trinajstić information content (AvgIpc) is 2.63. The van der Waals surface area contributed by atoms with Crippen molar-refractivity contribution < 1.29 is 4.74 Å². The molecular formula is C20H24N2O. The number of ether oxygens (including phenoxy) is 1. The molecule has 1 aliphatic rings. The second-order valence-corrected chi connectivity index (χ2v) is 6.20. The molecule has 0 spiro atoms. The Morgan fingerprint density at radius 1 is 1.13 bits per heavy atom. The van der Waals surface area contributed by atoms with E-state index in [4.69, 9.17) is 4.74 Å². The van der Waals surface area contributed by atoms with Gasteiger partial charge < -0.3 is 4.74 Å². The average molecular weight is 308 g/mol. The Kier molecular flexibility index (Phi) is 5.09. The Morgan fingerprint density at radius 2 is 1.91 bits per heavy atom. The summed E-state index contributed by atoms with van der Waals surface area (Å²) in [4.78, 5) is 6.84. The molecule has 1 aromatic heterocycles. The Labute approximate surface area is 138 Å². The fourth-order valence-corrected chi connectivity index (χ4v) is 3.36. The molecule has 0 unspecified atom stereocenters. The zero-order valence-corrected chi connectivity index (χ0v) is 13.7. The molecule has 0 saturated carbocycles. The van der Waals surface area contributed by atoms with Crippen molar-refractivity contribution in [3.63, 3.8) is 0 Å². The summed E-state index contributed by atoms with van der Waals surface area (Å²) >= 11 is 0. The van der Waals surface area contributed by atoms with Crippen molar-refractivity contribution >= 4 is 0 Å². The lowest BCUT2D eigenvalue weighted by Crippen LogP contribution is -2.41. The molecule has 1 fully saturated rings. The predicted molar refractivity (Wildman–Crippen MR) is 93.0 cm³/mol. The van der Waals surface area contributed by atoms with Crippen LogP contribution in [-0.2, 0) is 16.7 Å². The van der Waals surface area contributed by atoms with Crippen LogP contribution in [0.1, 0.15) is 24.0 Å². The normalized spacial score (nSPS) is 18.1. The van der Waals surface area contributed by atoms with Gasteiger partial charge in [0.15, 0.2) is 0 Å². The minimum atomic E-state index is 0.0391. The number of aromatic nitrogens is 1. The summed E-state index contributed by atoms with van der Waals surface area (Å²) < 4.78 is 5.20. The van der Waals surface area contributed by atoms with Crippen molar-refractivity contribution in [2.45, 2.75) is 24.8 Å². The van der Waals surface area contributed by atoms with Crippen molar-refractivity contribution in [3.05, 3.63) is 78.3 Å². The number of pyridine rings is 1. The molecule has 2 aromatic rings. The molecule has 0 radical (unpaired) electrons. The number of piperidine rings is 1. The van der Waals surface area contributed by atoms with Gasteiger partial charge in [0.2, 0.25) is 0 Å². The Bertz CT molecular complexity index is 617. The van der Waals surface area contributed by atoms with E-state index in [0.29, 0.717) is 0 Å². The van der Waals surface area contributed by atoms with Gasteiger partial charge in [-0.2, -0.15) is 0 Å². The topological polar surface area (TPSA) is 25.4 Å². The van der Waals surface area contributed by atoms with E-state index in [1.807, 2.05) is 24.7 Å². The van der Waals surface area contributed by atoms with Gasteiger partial charge in [-0.1, -0.05) is 36.4 Å². The van der Waals surface area contributed by atoms with E-state index in [2.05, 4.69) is 52.4 Å². The van der Waals surface area contributed by atoms with Crippen LogP contribution in [0.4, 0.5) is 0 Å². The van der Waals surface area contributed by atoms with E-state index in [1.165, 1.54) is 11.1 Å². The van der Waals surface area contributed by atoms with Gasteiger partial charge in [-0.25, -0.2) is 0 Å². The molecule has 23 heavy (non-hydrogen) atoms. The maximum atomic E-state index is 5.20. The molecule has 2 heterocycles. The lowest BCUT2D eigenvalue weighted by Gasteiger charge is -2.40. The molecule has 1 aliphatic heterocycles. The number of methoxy groups -OCH3 is 1. The summed E-state index contributed by atoms with van der Waals surface area (Å²) in [6, 6.07) is 14.9. The van der Waals surface area contributed by atoms with Gasteiger partial charge in [0.1, 0.15) is 0 Å². The summed E-state index contributed by atoms with van der Waals surface area (Å²) in [5, 5.41) is 0. The SMILES string of the molecule is CO/C=C/C1(c2cccnc2)CCN(Cc2ccccc2)CC1. The minimum absolute atomic E-state index is 0.0391. The molecule has 0 N–H and O–H groups in total. The number of allylic oxidation sites excluding steroid dienone is 1. The van der Waals surface area contributed by atoms with Crippen LogP contribution in [0.15, 0.2) is 67.2 Å². The summed E-state index contributed by atoms with van der Waals surface area (Å²) in [6.07, 6.45) is 10.0. The number of hydrogen-bond donors (Lipinski definition) is 0. The molecule has 3 nitrogen and oxygen atoms in total. The first-order valence-corrected chi connectivity index (χ1v) is 8.20. The van der Waals surface area contributed by atoms with E-state index >= 15 is 0 Å². The summed E-state index contributed by atoms with van der Waals surface area (Å²) in [7, 11) is 1.71. The highest BCUT2D eigenvalue weighted by atomic mass is 16.5. The maximum Gasteiger partial charge on any atom is 0.0793 e. The first-order valence-electron chi connectivity index (χ1n) is 8.20. The third kappa shape index (κ3) is 3.80. The van der Waals surface area contributed by atoms with Crippen LogP contribution in [0.2, 0.25) is 0 Å². The first-order chi connectivity index (χ1) is 11.3. The van der Waals surface area contributed by atoms with Gasteiger partial charge in [-0.3, -0.25) is 9.88 Å². The van der Waals surface area contributed by atoms with Gasteiger partial charge in [-0.15, -0.1) is 0 Å². The van der Waals surface area contributed by atoms with Crippen molar-refractivity contribution in [2.24, 2.45) is 0 Å². The number of nitrogens with zero attached hydrogens (tertiary/aromatic N) is 2. The highest BCUT2D eigenvalue weighted by Gasteiger charge is 2.34. The van der Waals surface area contributed by atoms with Crippen LogP contribution in [0, 0.1) is 0 Å². The Morgan fingerprint density at radius 3 is 2.57 bits per heavy atom. The number of hydrogen-bond acceptors (Lipinski definition) is 3. The third-order valence-corrected chi connectivity index (χ3v) is 4.76. The first kappa shape index (κ1) is 15.8. The third-order valence-electron chi connectivity index (χ3n) is 4.76. The second-order valence-electron chi connectivity index (χ2n) is 6.20. The van der Waals surface area contributed by atoms with Crippen LogP contribution in [0.5, 0.6) is 0 Å². The summed E-state index contributed by atoms with van der Waals surface area (Å²) in [5.74, 6) is 0. The molecule has 0 bridgehead atoms. The van der Waals surface area contributed by atoms with Gasteiger partial charge >= 0.3 is 0 Å². The predicted octanol–water partition coefficient (Wildman–Crippen LogP) is 3.78. The molecule has 0 amide bonds. The summed E-state index contributed by atoms with van der Waals surface area (Å²) in [6.45, 7) is 3.19. The van der Waals surface area contributed by atoms with Crippen LogP contribution in [0.3, 0.4) is 0 Å². The second kappa shape index (κ2) is 7.42. The largest absolute Gasteiger partial charge is 0.505 e. The van der Waals surface area contributed by atoms with E-state index < -0.39 is 0 Å². The van der Waals surface area contributed by atoms with Crippen LogP contribution < -0.4 is 0 Å². The highest BCUT2D eigenvalue weighted by Crippen LogP contribution is 2.37. The van der Waals surface area contributed by atoms with Crippen molar-refractivity contribution in [3.8, 4) is 0 Å². The van der Waals surface area contributed by atoms with Crippen LogP contribution in [0.25, 0.3) is 0 Å². The van der Waals surface area contributed by atoms with Gasteiger partial charge in [0, 0.05) is 24.4 Å². The van der Waals surface area contributed by atoms with E-state index in [1.54, 1.807) is 7.11 Å². The summed E-state index contributed by atoms with van der Waals surface area (Å²) in [5.41, 5.74) is 2.71. The minimum Gasteiger partial charge on any atom is -0.505 e. The fourth-order valence-electron chi connectivity index (χ4n) is 3.36. The molecule has 3 rings (SSSR count). The van der Waals surface area contributed by atoms with E-state index in [-0.39, 0.29) is 5.41 Å². The quantitative estimate of drug-likeness (QED) is 0.786. The van der Waals surface area contributed by atoms with Gasteiger partial charge in [0.05, 0.1) is 13.4 Å². The van der Waals surface area contributed by atoms with Gasteiger partial charge in [-0.05, 0) is 49.2 Å². The van der Waals surface area contributed by atoms with Gasteiger partial charge in [0.25, 0.3) is 0 Å². The van der Waals surface area contributed by atoms with Crippen molar-refractivity contribution in [2.75, 3.05) is 20.2 Å². The number of rotatable bonds is 5. The van der Waals surface area contributed by atoms with Crippen LogP contribution in [-0.4, -0.2) is 30.1 Å². The Balaban J connectivity index is 1.71. The molecule has 0 aliphatic carbocycles. The smallest absolute Gasteiger partial charge is 0.0793 e. The monoisotopic (exact) mass is 308 g/mol. The van der Waals surface area contributed by atoms with Crippen LogP contribution >= 0.6 is 0 Å². The standard InChI is InChI=1S/C20H24N2O/c1-23-15-11-20(19-8-5-12-21-16-19)9-13-22(14-10-20)17-18-6-3-2-4-7-18/h2-8,11-12,15-16H,9-10,13-14,17H2,1H3/b15-11+. The zero-order chi connectivity index (χ0) is 16.0. The molecule has 1 saturated heterocycles. The molecular weight excluding hydrogens is 284 g/mol. The van der Waals surface area contributed by atoms with Crippen molar-refractivity contribution in [1.29, 1.82) is 0 Å². The number of benzene rings is 1. The van der Waals surface area contributed by atoms with Crippen molar-refractivity contribution in [1.82, 2.24) is 9.88 Å². The zero-order valence-electron chi connectivity index (χ0n) is 13.7. The number of likely N-dealkylation sites (tertiary alicyclic amines) is 1.